The lowest BCUT2D eigenvalue weighted by Gasteiger charge is -2.27. The standard InChI is InChI=1S/C13H14ClF2NO/c14-8-13(5-1-2-6-13)17-12(18)9-3-4-10(15)11(16)7-9/h3-4,7H,1-2,5-6,8H2,(H,17,18). The average molecular weight is 274 g/mol. The zero-order valence-corrected chi connectivity index (χ0v) is 10.6. The van der Waals surface area contributed by atoms with Crippen LogP contribution in [-0.2, 0) is 0 Å². The normalized spacial score (nSPS) is 17.7. The second-order valence-corrected chi connectivity index (χ2v) is 4.97. The van der Waals surface area contributed by atoms with Crippen LogP contribution < -0.4 is 5.32 Å². The largest absolute Gasteiger partial charge is 0.345 e. The summed E-state index contributed by atoms with van der Waals surface area (Å²) in [5.41, 5.74) is -0.283. The van der Waals surface area contributed by atoms with Gasteiger partial charge in [-0.25, -0.2) is 8.78 Å². The Kier molecular flexibility index (Phi) is 3.85. The van der Waals surface area contributed by atoms with Crippen LogP contribution in [0.4, 0.5) is 8.78 Å². The van der Waals surface area contributed by atoms with E-state index in [0.717, 1.165) is 37.8 Å². The summed E-state index contributed by atoms with van der Waals surface area (Å²) in [6.45, 7) is 0. The zero-order chi connectivity index (χ0) is 13.2. The zero-order valence-electron chi connectivity index (χ0n) is 9.81. The number of hydrogen-bond donors (Lipinski definition) is 1. The molecule has 1 N–H and O–H groups in total. The first-order valence-corrected chi connectivity index (χ1v) is 6.43. The Labute approximate surface area is 109 Å². The highest BCUT2D eigenvalue weighted by molar-refractivity contribution is 6.19. The van der Waals surface area contributed by atoms with E-state index in [0.29, 0.717) is 5.88 Å². The van der Waals surface area contributed by atoms with E-state index in [9.17, 15) is 13.6 Å². The summed E-state index contributed by atoms with van der Waals surface area (Å²) in [5.74, 6) is -2.05. The number of carbonyl (C=O) groups excluding carboxylic acids is 1. The minimum absolute atomic E-state index is 0.116. The first-order valence-electron chi connectivity index (χ1n) is 5.90. The minimum Gasteiger partial charge on any atom is -0.345 e. The van der Waals surface area contributed by atoms with Crippen molar-refractivity contribution in [2.45, 2.75) is 31.2 Å². The molecule has 0 heterocycles. The lowest BCUT2D eigenvalue weighted by atomic mass is 9.99. The molecule has 98 valence electrons. The smallest absolute Gasteiger partial charge is 0.251 e. The fourth-order valence-corrected chi connectivity index (χ4v) is 2.63. The first kappa shape index (κ1) is 13.3. The molecule has 0 atom stereocenters. The molecule has 2 rings (SSSR count). The highest BCUT2D eigenvalue weighted by atomic mass is 35.5. The summed E-state index contributed by atoms with van der Waals surface area (Å²) in [6, 6.07) is 3.12. The van der Waals surface area contributed by atoms with Crippen molar-refractivity contribution >= 4 is 17.5 Å². The average Bonchev–Trinajstić information content (AvgIpc) is 2.82. The van der Waals surface area contributed by atoms with Gasteiger partial charge in [-0.1, -0.05) is 12.8 Å². The third-order valence-corrected chi connectivity index (χ3v) is 3.89. The van der Waals surface area contributed by atoms with Crippen LogP contribution in [0.5, 0.6) is 0 Å². The highest BCUT2D eigenvalue weighted by Crippen LogP contribution is 2.31. The number of halogens is 3. The number of hydrogen-bond acceptors (Lipinski definition) is 1. The van der Waals surface area contributed by atoms with E-state index in [1.165, 1.54) is 6.07 Å². The number of amides is 1. The van der Waals surface area contributed by atoms with Gasteiger partial charge in [0.1, 0.15) is 0 Å². The van der Waals surface area contributed by atoms with Crippen molar-refractivity contribution in [2.75, 3.05) is 5.88 Å². The Morgan fingerprint density at radius 3 is 2.50 bits per heavy atom. The van der Waals surface area contributed by atoms with Crippen LogP contribution in [0.2, 0.25) is 0 Å². The van der Waals surface area contributed by atoms with Crippen LogP contribution >= 0.6 is 11.6 Å². The molecule has 1 amide bonds. The van der Waals surface area contributed by atoms with Crippen LogP contribution in [0.15, 0.2) is 18.2 Å². The predicted molar refractivity (Wildman–Crippen MR) is 65.7 cm³/mol. The van der Waals surface area contributed by atoms with Gasteiger partial charge in [0, 0.05) is 11.4 Å². The molecule has 1 aromatic rings. The van der Waals surface area contributed by atoms with Crippen molar-refractivity contribution in [1.29, 1.82) is 0 Å². The fraction of sp³-hybridized carbons (Fsp3) is 0.462. The molecular formula is C13H14ClF2NO. The van der Waals surface area contributed by atoms with Crippen molar-refractivity contribution in [3.05, 3.63) is 35.4 Å². The maximum absolute atomic E-state index is 13.0. The Bertz CT molecular complexity index is 458. The SMILES string of the molecule is O=C(NC1(CCl)CCCC1)c1ccc(F)c(F)c1. The predicted octanol–water partition coefficient (Wildman–Crippen LogP) is 3.25. The van der Waals surface area contributed by atoms with Gasteiger partial charge in [-0.3, -0.25) is 4.79 Å². The molecule has 0 unspecified atom stereocenters. The monoisotopic (exact) mass is 273 g/mol. The van der Waals surface area contributed by atoms with Crippen molar-refractivity contribution in [3.63, 3.8) is 0 Å². The molecule has 1 aromatic carbocycles. The van der Waals surface area contributed by atoms with Crippen LogP contribution in [-0.4, -0.2) is 17.3 Å². The molecule has 1 saturated carbocycles. The third-order valence-electron chi connectivity index (χ3n) is 3.38. The molecule has 0 saturated heterocycles. The van der Waals surface area contributed by atoms with Gasteiger partial charge < -0.3 is 5.32 Å². The summed E-state index contributed by atoms with van der Waals surface area (Å²) in [6.07, 6.45) is 3.69. The summed E-state index contributed by atoms with van der Waals surface area (Å²) in [7, 11) is 0. The van der Waals surface area contributed by atoms with E-state index < -0.39 is 23.1 Å². The molecule has 1 fully saturated rings. The van der Waals surface area contributed by atoms with E-state index in [2.05, 4.69) is 5.32 Å². The minimum atomic E-state index is -1.02. The van der Waals surface area contributed by atoms with E-state index in [1.54, 1.807) is 0 Å². The Morgan fingerprint density at radius 1 is 1.28 bits per heavy atom. The molecule has 2 nitrogen and oxygen atoms in total. The number of nitrogens with one attached hydrogen (secondary N) is 1. The molecule has 0 bridgehead atoms. The lowest BCUT2D eigenvalue weighted by molar-refractivity contribution is 0.0909. The van der Waals surface area contributed by atoms with Crippen molar-refractivity contribution in [3.8, 4) is 0 Å². The summed E-state index contributed by atoms with van der Waals surface area (Å²) in [4.78, 5) is 12.0. The third kappa shape index (κ3) is 2.64. The topological polar surface area (TPSA) is 29.1 Å². The van der Waals surface area contributed by atoms with Crippen molar-refractivity contribution < 1.29 is 13.6 Å². The van der Waals surface area contributed by atoms with Crippen LogP contribution in [0.1, 0.15) is 36.0 Å². The number of alkyl halides is 1. The highest BCUT2D eigenvalue weighted by Gasteiger charge is 2.34. The van der Waals surface area contributed by atoms with Gasteiger partial charge in [-0.2, -0.15) is 0 Å². The molecule has 0 aromatic heterocycles. The Hall–Kier alpha value is -1.16. The van der Waals surface area contributed by atoms with Gasteiger partial charge in [-0.05, 0) is 31.0 Å². The number of carbonyl (C=O) groups is 1. The second-order valence-electron chi connectivity index (χ2n) is 4.70. The van der Waals surface area contributed by atoms with E-state index >= 15 is 0 Å². The van der Waals surface area contributed by atoms with Gasteiger partial charge in [0.2, 0.25) is 0 Å². The van der Waals surface area contributed by atoms with Gasteiger partial charge in [0.25, 0.3) is 5.91 Å². The fourth-order valence-electron chi connectivity index (χ4n) is 2.29. The molecule has 1 aliphatic rings. The van der Waals surface area contributed by atoms with Gasteiger partial charge in [0.15, 0.2) is 11.6 Å². The molecule has 0 radical (unpaired) electrons. The number of rotatable bonds is 3. The first-order chi connectivity index (χ1) is 8.56. The maximum Gasteiger partial charge on any atom is 0.251 e. The van der Waals surface area contributed by atoms with Crippen molar-refractivity contribution in [2.24, 2.45) is 0 Å². The summed E-state index contributed by atoms with van der Waals surface area (Å²) in [5, 5.41) is 2.85. The Morgan fingerprint density at radius 2 is 1.94 bits per heavy atom. The Balaban J connectivity index is 2.13. The quantitative estimate of drug-likeness (QED) is 0.842. The van der Waals surface area contributed by atoms with E-state index in [1.807, 2.05) is 0 Å². The molecule has 5 heteroatoms. The second kappa shape index (κ2) is 5.22. The number of benzene rings is 1. The molecule has 18 heavy (non-hydrogen) atoms. The molecule has 0 aliphatic heterocycles. The maximum atomic E-state index is 13.0. The van der Waals surface area contributed by atoms with Crippen molar-refractivity contribution in [1.82, 2.24) is 5.32 Å². The van der Waals surface area contributed by atoms with Crippen LogP contribution in [0.3, 0.4) is 0 Å². The van der Waals surface area contributed by atoms with Gasteiger partial charge in [-0.15, -0.1) is 11.6 Å². The molecule has 0 spiro atoms. The van der Waals surface area contributed by atoms with Crippen LogP contribution in [0, 0.1) is 11.6 Å². The van der Waals surface area contributed by atoms with Gasteiger partial charge >= 0.3 is 0 Å². The summed E-state index contributed by atoms with van der Waals surface area (Å²) >= 11 is 5.90. The van der Waals surface area contributed by atoms with Crippen LogP contribution in [0.25, 0.3) is 0 Å². The molecular weight excluding hydrogens is 260 g/mol. The van der Waals surface area contributed by atoms with E-state index in [-0.39, 0.29) is 5.56 Å². The lowest BCUT2D eigenvalue weighted by Crippen LogP contribution is -2.47. The summed E-state index contributed by atoms with van der Waals surface area (Å²) < 4.78 is 25.8. The van der Waals surface area contributed by atoms with E-state index in [4.69, 9.17) is 11.6 Å². The molecule has 1 aliphatic carbocycles. The van der Waals surface area contributed by atoms with Gasteiger partial charge in [0.05, 0.1) is 5.54 Å².